The standard InChI is InChI=1S/C12H24N2/c1-10-8-13-6-4-11(10)14-7-5-12(2,3)9-14/h10-11,13H,4-9H2,1-3H3. The van der Waals surface area contributed by atoms with E-state index in [2.05, 4.69) is 31.0 Å². The van der Waals surface area contributed by atoms with Crippen LogP contribution in [0, 0.1) is 11.3 Å². The van der Waals surface area contributed by atoms with Crippen molar-refractivity contribution in [2.45, 2.75) is 39.7 Å². The average molecular weight is 196 g/mol. The van der Waals surface area contributed by atoms with Gasteiger partial charge in [0.25, 0.3) is 0 Å². The van der Waals surface area contributed by atoms with Gasteiger partial charge < -0.3 is 5.32 Å². The Morgan fingerprint density at radius 1 is 1.36 bits per heavy atom. The van der Waals surface area contributed by atoms with Gasteiger partial charge in [-0.25, -0.2) is 0 Å². The topological polar surface area (TPSA) is 15.3 Å². The van der Waals surface area contributed by atoms with E-state index >= 15 is 0 Å². The number of hydrogen-bond acceptors (Lipinski definition) is 2. The van der Waals surface area contributed by atoms with E-state index in [0.29, 0.717) is 5.41 Å². The first-order chi connectivity index (χ1) is 6.58. The predicted octanol–water partition coefficient (Wildman–Crippen LogP) is 1.72. The molecule has 2 fully saturated rings. The van der Waals surface area contributed by atoms with Gasteiger partial charge in [0.15, 0.2) is 0 Å². The molecule has 2 heteroatoms. The van der Waals surface area contributed by atoms with Crippen LogP contribution in [0.3, 0.4) is 0 Å². The van der Waals surface area contributed by atoms with Crippen LogP contribution in [0.15, 0.2) is 0 Å². The highest BCUT2D eigenvalue weighted by molar-refractivity contribution is 4.90. The van der Waals surface area contributed by atoms with Crippen molar-refractivity contribution in [2.24, 2.45) is 11.3 Å². The number of nitrogens with zero attached hydrogens (tertiary/aromatic N) is 1. The Kier molecular flexibility index (Phi) is 2.85. The summed E-state index contributed by atoms with van der Waals surface area (Å²) in [5.41, 5.74) is 0.560. The van der Waals surface area contributed by atoms with Crippen molar-refractivity contribution in [3.63, 3.8) is 0 Å². The molecule has 2 nitrogen and oxygen atoms in total. The van der Waals surface area contributed by atoms with Gasteiger partial charge >= 0.3 is 0 Å². The zero-order valence-corrected chi connectivity index (χ0v) is 9.84. The molecule has 0 bridgehead atoms. The SMILES string of the molecule is CC1CNCCC1N1CCC(C)(C)C1. The molecule has 2 rings (SSSR count). The fourth-order valence-corrected chi connectivity index (χ4v) is 2.98. The molecule has 0 aromatic heterocycles. The van der Waals surface area contributed by atoms with E-state index in [4.69, 9.17) is 0 Å². The Morgan fingerprint density at radius 2 is 2.14 bits per heavy atom. The molecule has 2 aliphatic rings. The minimum absolute atomic E-state index is 0.560. The van der Waals surface area contributed by atoms with Gasteiger partial charge in [0.05, 0.1) is 0 Å². The van der Waals surface area contributed by atoms with Crippen LogP contribution in [-0.4, -0.2) is 37.1 Å². The van der Waals surface area contributed by atoms with Crippen molar-refractivity contribution >= 4 is 0 Å². The lowest BCUT2D eigenvalue weighted by Crippen LogP contribution is -2.48. The second-order valence-corrected chi connectivity index (χ2v) is 5.92. The van der Waals surface area contributed by atoms with Crippen LogP contribution < -0.4 is 5.32 Å². The normalized spacial score (nSPS) is 38.8. The fourth-order valence-electron chi connectivity index (χ4n) is 2.98. The Bertz CT molecular complexity index is 200. The number of nitrogens with one attached hydrogen (secondary N) is 1. The van der Waals surface area contributed by atoms with Crippen LogP contribution in [0.1, 0.15) is 33.6 Å². The van der Waals surface area contributed by atoms with E-state index in [9.17, 15) is 0 Å². The largest absolute Gasteiger partial charge is 0.316 e. The van der Waals surface area contributed by atoms with Crippen molar-refractivity contribution in [2.75, 3.05) is 26.2 Å². The number of likely N-dealkylation sites (tertiary alicyclic amines) is 1. The molecule has 0 amide bonds. The van der Waals surface area contributed by atoms with Crippen molar-refractivity contribution < 1.29 is 0 Å². The summed E-state index contributed by atoms with van der Waals surface area (Å²) >= 11 is 0. The maximum atomic E-state index is 3.48. The summed E-state index contributed by atoms with van der Waals surface area (Å²) in [6.07, 6.45) is 2.72. The number of piperidine rings is 1. The van der Waals surface area contributed by atoms with Gasteiger partial charge in [0.2, 0.25) is 0 Å². The van der Waals surface area contributed by atoms with Crippen LogP contribution in [0.4, 0.5) is 0 Å². The summed E-state index contributed by atoms with van der Waals surface area (Å²) in [5.74, 6) is 0.831. The third kappa shape index (κ3) is 2.12. The summed E-state index contributed by atoms with van der Waals surface area (Å²) in [6, 6.07) is 0.845. The zero-order valence-electron chi connectivity index (χ0n) is 9.84. The van der Waals surface area contributed by atoms with Crippen molar-refractivity contribution in [3.05, 3.63) is 0 Å². The van der Waals surface area contributed by atoms with Gasteiger partial charge in [-0.15, -0.1) is 0 Å². The minimum Gasteiger partial charge on any atom is -0.316 e. The summed E-state index contributed by atoms with van der Waals surface area (Å²) < 4.78 is 0. The monoisotopic (exact) mass is 196 g/mol. The van der Waals surface area contributed by atoms with E-state index < -0.39 is 0 Å². The Morgan fingerprint density at radius 3 is 2.71 bits per heavy atom. The molecule has 0 saturated carbocycles. The Labute approximate surface area is 88.1 Å². The Balaban J connectivity index is 1.95. The van der Waals surface area contributed by atoms with E-state index in [1.54, 1.807) is 0 Å². The molecule has 14 heavy (non-hydrogen) atoms. The van der Waals surface area contributed by atoms with Crippen LogP contribution in [0.25, 0.3) is 0 Å². The van der Waals surface area contributed by atoms with Crippen LogP contribution in [0.5, 0.6) is 0 Å². The first-order valence-electron chi connectivity index (χ1n) is 6.03. The molecule has 0 aromatic rings. The molecular weight excluding hydrogens is 172 g/mol. The molecule has 0 aromatic carbocycles. The molecule has 82 valence electrons. The maximum Gasteiger partial charge on any atom is 0.0145 e. The lowest BCUT2D eigenvalue weighted by Gasteiger charge is -2.37. The van der Waals surface area contributed by atoms with E-state index in [1.165, 1.54) is 39.0 Å². The molecule has 2 saturated heterocycles. The zero-order chi connectivity index (χ0) is 10.2. The first-order valence-corrected chi connectivity index (χ1v) is 6.03. The van der Waals surface area contributed by atoms with Crippen LogP contribution in [-0.2, 0) is 0 Å². The van der Waals surface area contributed by atoms with E-state index in [-0.39, 0.29) is 0 Å². The Hall–Kier alpha value is -0.0800. The second kappa shape index (κ2) is 3.82. The molecule has 2 aliphatic heterocycles. The number of rotatable bonds is 1. The van der Waals surface area contributed by atoms with E-state index in [0.717, 1.165) is 12.0 Å². The van der Waals surface area contributed by atoms with Gasteiger partial charge in [-0.2, -0.15) is 0 Å². The van der Waals surface area contributed by atoms with Crippen molar-refractivity contribution in [1.82, 2.24) is 10.2 Å². The molecule has 2 atom stereocenters. The quantitative estimate of drug-likeness (QED) is 0.687. The van der Waals surface area contributed by atoms with Gasteiger partial charge in [-0.05, 0) is 43.8 Å². The summed E-state index contributed by atoms with van der Waals surface area (Å²) in [4.78, 5) is 2.73. The lowest BCUT2D eigenvalue weighted by molar-refractivity contribution is 0.135. The third-order valence-corrected chi connectivity index (χ3v) is 3.92. The second-order valence-electron chi connectivity index (χ2n) is 5.92. The highest BCUT2D eigenvalue weighted by atomic mass is 15.2. The van der Waals surface area contributed by atoms with E-state index in [1.807, 2.05) is 0 Å². The highest BCUT2D eigenvalue weighted by Crippen LogP contribution is 2.32. The molecule has 2 heterocycles. The molecule has 1 N–H and O–H groups in total. The van der Waals surface area contributed by atoms with Gasteiger partial charge in [0, 0.05) is 12.6 Å². The molecule has 0 aliphatic carbocycles. The molecular formula is C12H24N2. The summed E-state index contributed by atoms with van der Waals surface area (Å²) in [6.45, 7) is 12.2. The molecule has 0 radical (unpaired) electrons. The van der Waals surface area contributed by atoms with Gasteiger partial charge in [-0.1, -0.05) is 20.8 Å². The highest BCUT2D eigenvalue weighted by Gasteiger charge is 2.35. The van der Waals surface area contributed by atoms with Gasteiger partial charge in [-0.3, -0.25) is 4.90 Å². The fraction of sp³-hybridized carbons (Fsp3) is 1.00. The molecule has 2 unspecified atom stereocenters. The molecule has 0 spiro atoms. The third-order valence-electron chi connectivity index (χ3n) is 3.92. The lowest BCUT2D eigenvalue weighted by atomic mass is 9.91. The summed E-state index contributed by atoms with van der Waals surface area (Å²) in [5, 5.41) is 3.48. The van der Waals surface area contributed by atoms with Crippen LogP contribution in [0.2, 0.25) is 0 Å². The minimum atomic E-state index is 0.560. The predicted molar refractivity (Wildman–Crippen MR) is 60.4 cm³/mol. The van der Waals surface area contributed by atoms with Gasteiger partial charge in [0.1, 0.15) is 0 Å². The smallest absolute Gasteiger partial charge is 0.0145 e. The summed E-state index contributed by atoms with van der Waals surface area (Å²) in [7, 11) is 0. The number of hydrogen-bond donors (Lipinski definition) is 1. The van der Waals surface area contributed by atoms with Crippen LogP contribution >= 0.6 is 0 Å². The van der Waals surface area contributed by atoms with Crippen molar-refractivity contribution in [1.29, 1.82) is 0 Å². The average Bonchev–Trinajstić information content (AvgIpc) is 2.47. The first kappa shape index (κ1) is 10.4. The maximum absolute atomic E-state index is 3.48. The van der Waals surface area contributed by atoms with Crippen molar-refractivity contribution in [3.8, 4) is 0 Å².